The number of Topliss-reactive ketones (excluding diaryl/α,β-unsaturated/α-hetero) is 1. The second-order valence-electron chi connectivity index (χ2n) is 7.18. The van der Waals surface area contributed by atoms with Gasteiger partial charge in [-0.05, 0) is 54.8 Å². The maximum atomic E-state index is 12.9. The van der Waals surface area contributed by atoms with E-state index in [1.807, 2.05) is 0 Å². The van der Waals surface area contributed by atoms with Crippen LogP contribution in [0.3, 0.4) is 0 Å². The Kier molecular flexibility index (Phi) is 5.30. The Morgan fingerprint density at radius 3 is 2.41 bits per heavy atom. The molecular weight excluding hydrogens is 394 g/mol. The number of likely N-dealkylation sites (tertiary alicyclic amines) is 1. The third kappa shape index (κ3) is 3.73. The third-order valence-corrected chi connectivity index (χ3v) is 5.54. The van der Waals surface area contributed by atoms with Gasteiger partial charge in [-0.15, -0.1) is 0 Å². The molecule has 7 heteroatoms. The summed E-state index contributed by atoms with van der Waals surface area (Å²) in [4.78, 5) is 27.2. The summed E-state index contributed by atoms with van der Waals surface area (Å²) in [6, 6.07) is 11.9. The number of nitrogens with zero attached hydrogens (tertiary/aromatic N) is 1. The Balaban J connectivity index is 1.81. The van der Waals surface area contributed by atoms with Gasteiger partial charge in [-0.25, -0.2) is 0 Å². The molecular formula is C22H20ClNO5. The first-order valence-corrected chi connectivity index (χ1v) is 9.78. The molecule has 2 aromatic carbocycles. The number of carbonyl (C=O) groups excluding carboxylic acids is 2. The van der Waals surface area contributed by atoms with Crippen LogP contribution in [0.5, 0.6) is 5.75 Å². The first-order chi connectivity index (χ1) is 14.0. The molecule has 2 fully saturated rings. The van der Waals surface area contributed by atoms with Crippen LogP contribution in [0, 0.1) is 0 Å². The largest absolute Gasteiger partial charge is 0.508 e. The predicted molar refractivity (Wildman–Crippen MR) is 108 cm³/mol. The van der Waals surface area contributed by atoms with Crippen LogP contribution in [-0.2, 0) is 14.3 Å². The van der Waals surface area contributed by atoms with E-state index in [1.54, 1.807) is 36.4 Å². The van der Waals surface area contributed by atoms with E-state index in [9.17, 15) is 19.8 Å². The lowest BCUT2D eigenvalue weighted by Crippen LogP contribution is -2.36. The molecule has 0 aromatic heterocycles. The quantitative estimate of drug-likeness (QED) is 0.454. The summed E-state index contributed by atoms with van der Waals surface area (Å²) in [5.41, 5.74) is 1.03. The number of phenols is 1. The van der Waals surface area contributed by atoms with Gasteiger partial charge in [0.2, 0.25) is 0 Å². The molecule has 2 aromatic rings. The number of aliphatic hydroxyl groups is 1. The van der Waals surface area contributed by atoms with E-state index in [-0.39, 0.29) is 29.7 Å². The number of aromatic hydroxyl groups is 1. The summed E-state index contributed by atoms with van der Waals surface area (Å²) in [5, 5.41) is 21.1. The van der Waals surface area contributed by atoms with Crippen molar-refractivity contribution < 1.29 is 24.5 Å². The van der Waals surface area contributed by atoms with Gasteiger partial charge in [0.05, 0.1) is 17.7 Å². The fourth-order valence-electron chi connectivity index (χ4n) is 3.84. The van der Waals surface area contributed by atoms with Crippen molar-refractivity contribution in [3.8, 4) is 5.75 Å². The summed E-state index contributed by atoms with van der Waals surface area (Å²) in [5.74, 6) is -1.60. The lowest BCUT2D eigenvalue weighted by molar-refractivity contribution is -0.140. The molecule has 0 saturated carbocycles. The Hall–Kier alpha value is -2.83. The highest BCUT2D eigenvalue weighted by molar-refractivity contribution is 6.46. The number of benzene rings is 2. The highest BCUT2D eigenvalue weighted by atomic mass is 35.5. The van der Waals surface area contributed by atoms with Crippen molar-refractivity contribution in [2.45, 2.75) is 25.0 Å². The normalized spacial score (nSPS) is 23.7. The first kappa shape index (κ1) is 19.5. The lowest BCUT2D eigenvalue weighted by atomic mass is 9.95. The van der Waals surface area contributed by atoms with Crippen molar-refractivity contribution in [3.63, 3.8) is 0 Å². The number of hydrogen-bond donors (Lipinski definition) is 2. The number of aliphatic hydroxyl groups excluding tert-OH is 1. The topological polar surface area (TPSA) is 87.1 Å². The van der Waals surface area contributed by atoms with Gasteiger partial charge in [-0.3, -0.25) is 9.59 Å². The minimum absolute atomic E-state index is 0.0148. The Morgan fingerprint density at radius 2 is 1.79 bits per heavy atom. The molecule has 0 spiro atoms. The van der Waals surface area contributed by atoms with Crippen molar-refractivity contribution in [1.82, 2.24) is 4.90 Å². The zero-order valence-electron chi connectivity index (χ0n) is 15.5. The number of ether oxygens (including phenoxy) is 1. The predicted octanol–water partition coefficient (Wildman–Crippen LogP) is 3.65. The lowest BCUT2D eigenvalue weighted by Gasteiger charge is -2.27. The molecule has 4 rings (SSSR count). The SMILES string of the molecule is O=C1C(=O)N(C[C@@H]2CCCO2)[C@H](c2ccc(O)cc2)C1=C(O)c1ccc(Cl)cc1. The van der Waals surface area contributed by atoms with E-state index >= 15 is 0 Å². The highest BCUT2D eigenvalue weighted by Crippen LogP contribution is 2.40. The van der Waals surface area contributed by atoms with Crippen LogP contribution < -0.4 is 0 Å². The Bertz CT molecular complexity index is 962. The zero-order chi connectivity index (χ0) is 20.5. The highest BCUT2D eigenvalue weighted by Gasteiger charge is 2.47. The van der Waals surface area contributed by atoms with E-state index in [4.69, 9.17) is 16.3 Å². The second kappa shape index (κ2) is 7.89. The minimum atomic E-state index is -0.768. The fourth-order valence-corrected chi connectivity index (χ4v) is 3.97. The molecule has 2 saturated heterocycles. The molecule has 29 heavy (non-hydrogen) atoms. The summed E-state index contributed by atoms with van der Waals surface area (Å²) < 4.78 is 5.66. The number of phenolic OH excluding ortho intramolecular Hbond substituents is 1. The van der Waals surface area contributed by atoms with Gasteiger partial charge >= 0.3 is 0 Å². The van der Waals surface area contributed by atoms with Gasteiger partial charge in [-0.1, -0.05) is 23.7 Å². The van der Waals surface area contributed by atoms with Crippen LogP contribution >= 0.6 is 11.6 Å². The Labute approximate surface area is 173 Å². The molecule has 1 amide bonds. The molecule has 0 radical (unpaired) electrons. The van der Waals surface area contributed by atoms with Crippen LogP contribution in [0.2, 0.25) is 5.02 Å². The van der Waals surface area contributed by atoms with E-state index < -0.39 is 17.7 Å². The van der Waals surface area contributed by atoms with Crippen molar-refractivity contribution in [1.29, 1.82) is 0 Å². The molecule has 2 aliphatic heterocycles. The molecule has 6 nitrogen and oxygen atoms in total. The van der Waals surface area contributed by atoms with Gasteiger partial charge in [0, 0.05) is 23.7 Å². The van der Waals surface area contributed by atoms with Crippen LogP contribution in [0.1, 0.15) is 30.0 Å². The van der Waals surface area contributed by atoms with Crippen LogP contribution in [0.25, 0.3) is 5.76 Å². The molecule has 2 atom stereocenters. The summed E-state index contributed by atoms with van der Waals surface area (Å²) >= 11 is 5.92. The van der Waals surface area contributed by atoms with Crippen LogP contribution in [0.4, 0.5) is 0 Å². The van der Waals surface area contributed by atoms with Crippen molar-refractivity contribution in [2.75, 3.05) is 13.2 Å². The summed E-state index contributed by atoms with van der Waals surface area (Å²) in [7, 11) is 0. The Morgan fingerprint density at radius 1 is 1.10 bits per heavy atom. The standard InChI is InChI=1S/C22H20ClNO5/c23-15-7-3-14(4-8-15)20(26)18-19(13-5-9-16(25)10-6-13)24(22(28)21(18)27)12-17-2-1-11-29-17/h3-10,17,19,25-26H,1-2,11-12H2/t17-,19+/m0/s1. The monoisotopic (exact) mass is 413 g/mol. The van der Waals surface area contributed by atoms with Gasteiger partial charge in [0.1, 0.15) is 11.5 Å². The fraction of sp³-hybridized carbons (Fsp3) is 0.273. The number of rotatable bonds is 4. The summed E-state index contributed by atoms with van der Waals surface area (Å²) in [6.07, 6.45) is 1.56. The van der Waals surface area contributed by atoms with E-state index in [0.717, 1.165) is 12.8 Å². The molecule has 0 aliphatic carbocycles. The van der Waals surface area contributed by atoms with E-state index in [0.29, 0.717) is 22.8 Å². The van der Waals surface area contributed by atoms with Gasteiger partial charge < -0.3 is 19.8 Å². The maximum Gasteiger partial charge on any atom is 0.295 e. The number of carbonyl (C=O) groups is 2. The van der Waals surface area contributed by atoms with Gasteiger partial charge in [-0.2, -0.15) is 0 Å². The first-order valence-electron chi connectivity index (χ1n) is 9.40. The molecule has 2 aliphatic rings. The number of amides is 1. The average Bonchev–Trinajstić information content (AvgIpc) is 3.31. The summed E-state index contributed by atoms with van der Waals surface area (Å²) in [6.45, 7) is 0.886. The van der Waals surface area contributed by atoms with Gasteiger partial charge in [0.15, 0.2) is 0 Å². The van der Waals surface area contributed by atoms with Crippen LogP contribution in [-0.4, -0.2) is 46.1 Å². The minimum Gasteiger partial charge on any atom is -0.508 e. The smallest absolute Gasteiger partial charge is 0.295 e. The molecule has 0 bridgehead atoms. The molecule has 2 heterocycles. The third-order valence-electron chi connectivity index (χ3n) is 5.29. The van der Waals surface area contributed by atoms with E-state index in [1.165, 1.54) is 17.0 Å². The van der Waals surface area contributed by atoms with Gasteiger partial charge in [0.25, 0.3) is 11.7 Å². The van der Waals surface area contributed by atoms with Crippen LogP contribution in [0.15, 0.2) is 54.1 Å². The molecule has 150 valence electrons. The molecule has 2 N–H and O–H groups in total. The van der Waals surface area contributed by atoms with Crippen molar-refractivity contribution in [2.24, 2.45) is 0 Å². The van der Waals surface area contributed by atoms with Crippen molar-refractivity contribution in [3.05, 3.63) is 70.3 Å². The zero-order valence-corrected chi connectivity index (χ0v) is 16.3. The number of halogens is 1. The maximum absolute atomic E-state index is 12.9. The number of hydrogen-bond acceptors (Lipinski definition) is 5. The van der Waals surface area contributed by atoms with Crippen molar-refractivity contribution >= 4 is 29.1 Å². The average molecular weight is 414 g/mol. The van der Waals surface area contributed by atoms with E-state index in [2.05, 4.69) is 0 Å². The molecule has 0 unspecified atom stereocenters. The second-order valence-corrected chi connectivity index (χ2v) is 7.62. The number of ketones is 1.